The standard InChI is InChI=1S/C11H12F2N2O5.ClH/c1-2-20-11(17)8(13)9(14)6-3-5(12)4-7(10(6)16)15(18)19;/h3-4,8-9,16H,2,14H2,1H3;1H/t8?,9-;/m1./s1. The number of hydrogen-bond donors (Lipinski definition) is 2. The molecule has 0 aliphatic carbocycles. The van der Waals surface area contributed by atoms with Crippen LogP contribution >= 0.6 is 12.4 Å². The summed E-state index contributed by atoms with van der Waals surface area (Å²) in [6.07, 6.45) is -2.39. The molecule has 7 nitrogen and oxygen atoms in total. The molecule has 0 saturated heterocycles. The monoisotopic (exact) mass is 326 g/mol. The number of esters is 1. The number of hydrogen-bond acceptors (Lipinski definition) is 6. The average Bonchev–Trinajstić information content (AvgIpc) is 2.39. The molecule has 0 aliphatic heterocycles. The van der Waals surface area contributed by atoms with E-state index in [1.807, 2.05) is 0 Å². The summed E-state index contributed by atoms with van der Waals surface area (Å²) in [5.41, 5.74) is 3.83. The quantitative estimate of drug-likeness (QED) is 0.484. The zero-order valence-corrected chi connectivity index (χ0v) is 11.6. The number of benzene rings is 1. The molecule has 1 aromatic carbocycles. The Labute approximate surface area is 124 Å². The topological polar surface area (TPSA) is 116 Å². The molecule has 0 radical (unpaired) electrons. The molecule has 21 heavy (non-hydrogen) atoms. The van der Waals surface area contributed by atoms with Gasteiger partial charge in [0.05, 0.1) is 23.6 Å². The molecule has 1 unspecified atom stereocenters. The minimum absolute atomic E-state index is 0. The normalized spacial score (nSPS) is 13.0. The maximum absolute atomic E-state index is 13.7. The maximum Gasteiger partial charge on any atom is 0.342 e. The second-order valence-electron chi connectivity index (χ2n) is 3.80. The first kappa shape index (κ1) is 19.0. The molecule has 1 rings (SSSR count). The van der Waals surface area contributed by atoms with Crippen molar-refractivity contribution >= 4 is 24.1 Å². The fourth-order valence-electron chi connectivity index (χ4n) is 1.52. The van der Waals surface area contributed by atoms with Gasteiger partial charge < -0.3 is 15.6 Å². The maximum atomic E-state index is 13.7. The molecular formula is C11H13ClF2N2O5. The van der Waals surface area contributed by atoms with E-state index in [1.165, 1.54) is 6.92 Å². The molecule has 0 fully saturated rings. The molecule has 0 heterocycles. The third-order valence-corrected chi connectivity index (χ3v) is 2.47. The van der Waals surface area contributed by atoms with Crippen LogP contribution in [0.25, 0.3) is 0 Å². The van der Waals surface area contributed by atoms with Gasteiger partial charge in [-0.1, -0.05) is 0 Å². The van der Waals surface area contributed by atoms with Crippen LogP contribution in [0.15, 0.2) is 12.1 Å². The largest absolute Gasteiger partial charge is 0.502 e. The number of phenolic OH excluding ortho intramolecular Hbond substituents is 1. The molecule has 0 bridgehead atoms. The highest BCUT2D eigenvalue weighted by Gasteiger charge is 2.32. The number of alkyl halides is 1. The first-order chi connectivity index (χ1) is 9.29. The van der Waals surface area contributed by atoms with Crippen molar-refractivity contribution in [2.75, 3.05) is 6.61 Å². The van der Waals surface area contributed by atoms with Gasteiger partial charge in [0.25, 0.3) is 0 Å². The molecule has 2 atom stereocenters. The molecule has 0 spiro atoms. The van der Waals surface area contributed by atoms with Gasteiger partial charge in [0.2, 0.25) is 6.17 Å². The second-order valence-corrected chi connectivity index (χ2v) is 3.80. The number of carbonyl (C=O) groups excluding carboxylic acids is 1. The fourth-order valence-corrected chi connectivity index (χ4v) is 1.52. The lowest BCUT2D eigenvalue weighted by Crippen LogP contribution is -2.31. The van der Waals surface area contributed by atoms with Gasteiger partial charge in [-0.25, -0.2) is 13.6 Å². The summed E-state index contributed by atoms with van der Waals surface area (Å²) in [7, 11) is 0. The minimum Gasteiger partial charge on any atom is -0.502 e. The van der Waals surface area contributed by atoms with Gasteiger partial charge in [-0.05, 0) is 13.0 Å². The molecule has 0 aliphatic rings. The van der Waals surface area contributed by atoms with Crippen LogP contribution in [0.5, 0.6) is 5.75 Å². The molecule has 10 heteroatoms. The lowest BCUT2D eigenvalue weighted by Gasteiger charge is -2.16. The Bertz CT molecular complexity index is 544. The Morgan fingerprint density at radius 2 is 2.14 bits per heavy atom. The summed E-state index contributed by atoms with van der Waals surface area (Å²) in [5.74, 6) is -3.38. The Morgan fingerprint density at radius 1 is 1.57 bits per heavy atom. The molecule has 3 N–H and O–H groups in total. The van der Waals surface area contributed by atoms with Crippen molar-refractivity contribution in [1.82, 2.24) is 0 Å². The summed E-state index contributed by atoms with van der Waals surface area (Å²) in [4.78, 5) is 20.7. The first-order valence-corrected chi connectivity index (χ1v) is 5.52. The Hall–Kier alpha value is -2.00. The van der Waals surface area contributed by atoms with E-state index in [0.717, 1.165) is 0 Å². The van der Waals surface area contributed by atoms with Gasteiger partial charge in [0.1, 0.15) is 5.82 Å². The number of nitro groups is 1. The van der Waals surface area contributed by atoms with Crippen molar-refractivity contribution < 1.29 is 28.3 Å². The van der Waals surface area contributed by atoms with E-state index in [-0.39, 0.29) is 19.0 Å². The average molecular weight is 327 g/mol. The number of halogens is 3. The summed E-state index contributed by atoms with van der Waals surface area (Å²) >= 11 is 0. The molecule has 0 amide bonds. The Morgan fingerprint density at radius 3 is 2.62 bits per heavy atom. The van der Waals surface area contributed by atoms with E-state index < -0.39 is 45.9 Å². The zero-order valence-electron chi connectivity index (χ0n) is 10.8. The number of aromatic hydroxyl groups is 1. The smallest absolute Gasteiger partial charge is 0.342 e. The molecular weight excluding hydrogens is 314 g/mol. The van der Waals surface area contributed by atoms with Crippen molar-refractivity contribution in [3.8, 4) is 5.75 Å². The first-order valence-electron chi connectivity index (χ1n) is 5.52. The number of nitrogens with two attached hydrogens (primary N) is 1. The summed E-state index contributed by atoms with van der Waals surface area (Å²) in [6.45, 7) is 1.35. The van der Waals surface area contributed by atoms with E-state index in [2.05, 4.69) is 4.74 Å². The third kappa shape index (κ3) is 4.23. The molecule has 0 saturated carbocycles. The Balaban J connectivity index is 0.00000400. The SMILES string of the molecule is CCOC(=O)C(F)[C@H](N)c1cc(F)cc([N+](=O)[O-])c1O.Cl. The number of nitrogens with zero attached hydrogens (tertiary/aromatic N) is 1. The van der Waals surface area contributed by atoms with Crippen LogP contribution in [0.1, 0.15) is 18.5 Å². The van der Waals surface area contributed by atoms with E-state index in [9.17, 15) is 28.8 Å². The number of carbonyl (C=O) groups is 1. The van der Waals surface area contributed by atoms with Crippen molar-refractivity contribution in [2.24, 2.45) is 5.73 Å². The summed E-state index contributed by atoms with van der Waals surface area (Å²) in [6, 6.07) is -0.703. The van der Waals surface area contributed by atoms with Crippen LogP contribution in [0.3, 0.4) is 0 Å². The van der Waals surface area contributed by atoms with Gasteiger partial charge in [-0.2, -0.15) is 0 Å². The number of rotatable bonds is 5. The highest BCUT2D eigenvalue weighted by molar-refractivity contribution is 5.85. The fraction of sp³-hybridized carbons (Fsp3) is 0.364. The van der Waals surface area contributed by atoms with Gasteiger partial charge in [0.15, 0.2) is 5.75 Å². The van der Waals surface area contributed by atoms with Gasteiger partial charge >= 0.3 is 11.7 Å². The summed E-state index contributed by atoms with van der Waals surface area (Å²) < 4.78 is 31.3. The van der Waals surface area contributed by atoms with Gasteiger partial charge in [-0.3, -0.25) is 10.1 Å². The zero-order chi connectivity index (χ0) is 15.4. The van der Waals surface area contributed by atoms with Crippen LogP contribution in [0.2, 0.25) is 0 Å². The molecule has 118 valence electrons. The van der Waals surface area contributed by atoms with Gasteiger partial charge in [0, 0.05) is 5.56 Å². The predicted molar refractivity (Wildman–Crippen MR) is 70.4 cm³/mol. The molecule has 1 aromatic rings. The molecule has 0 aromatic heterocycles. The van der Waals surface area contributed by atoms with Crippen LogP contribution < -0.4 is 5.73 Å². The van der Waals surface area contributed by atoms with E-state index in [4.69, 9.17) is 5.73 Å². The van der Waals surface area contributed by atoms with Crippen LogP contribution in [0, 0.1) is 15.9 Å². The van der Waals surface area contributed by atoms with Crippen molar-refractivity contribution in [1.29, 1.82) is 0 Å². The Kier molecular flexibility index (Phi) is 6.96. The van der Waals surface area contributed by atoms with E-state index >= 15 is 0 Å². The minimum atomic E-state index is -2.39. The number of nitro benzene ring substituents is 1. The van der Waals surface area contributed by atoms with E-state index in [1.54, 1.807) is 0 Å². The highest BCUT2D eigenvalue weighted by atomic mass is 35.5. The highest BCUT2D eigenvalue weighted by Crippen LogP contribution is 2.35. The second kappa shape index (κ2) is 7.70. The third-order valence-electron chi connectivity index (χ3n) is 2.47. The van der Waals surface area contributed by atoms with Gasteiger partial charge in [-0.15, -0.1) is 12.4 Å². The predicted octanol–water partition coefficient (Wildman–Crippen LogP) is 1.76. The summed E-state index contributed by atoms with van der Waals surface area (Å²) in [5, 5.41) is 20.2. The van der Waals surface area contributed by atoms with Crippen LogP contribution in [0.4, 0.5) is 14.5 Å². The lowest BCUT2D eigenvalue weighted by atomic mass is 10.0. The number of phenols is 1. The number of ether oxygens (including phenoxy) is 1. The lowest BCUT2D eigenvalue weighted by molar-refractivity contribution is -0.386. The van der Waals surface area contributed by atoms with Crippen molar-refractivity contribution in [3.05, 3.63) is 33.6 Å². The van der Waals surface area contributed by atoms with Crippen LogP contribution in [-0.2, 0) is 9.53 Å². The van der Waals surface area contributed by atoms with E-state index in [0.29, 0.717) is 12.1 Å². The van der Waals surface area contributed by atoms with Crippen molar-refractivity contribution in [3.63, 3.8) is 0 Å². The van der Waals surface area contributed by atoms with Crippen LogP contribution in [-0.4, -0.2) is 28.8 Å². The van der Waals surface area contributed by atoms with Crippen molar-refractivity contribution in [2.45, 2.75) is 19.1 Å².